The van der Waals surface area contributed by atoms with Gasteiger partial charge in [0.1, 0.15) is 5.82 Å². The Labute approximate surface area is 103 Å². The predicted molar refractivity (Wildman–Crippen MR) is 51.8 cm³/mol. The highest BCUT2D eigenvalue weighted by Gasteiger charge is 2.34. The first kappa shape index (κ1) is 14.5. The molecule has 0 aromatic carbocycles. The van der Waals surface area contributed by atoms with Gasteiger partial charge >= 0.3 is 12.3 Å². The van der Waals surface area contributed by atoms with E-state index in [9.17, 15) is 22.4 Å². The smallest absolute Gasteiger partial charge is 0.481 e. The van der Waals surface area contributed by atoms with E-state index in [0.29, 0.717) is 6.20 Å². The van der Waals surface area contributed by atoms with E-state index in [1.165, 1.54) is 0 Å². The topological polar surface area (TPSA) is 59.4 Å². The van der Waals surface area contributed by atoms with Crippen LogP contribution in [-0.2, 0) is 17.1 Å². The van der Waals surface area contributed by atoms with Crippen molar-refractivity contribution < 1.29 is 32.2 Å². The number of pyridine rings is 1. The van der Waals surface area contributed by atoms with Gasteiger partial charge in [-0.2, -0.15) is 0 Å². The van der Waals surface area contributed by atoms with E-state index in [-0.39, 0.29) is 5.56 Å². The van der Waals surface area contributed by atoms with E-state index >= 15 is 0 Å². The monoisotopic (exact) mass is 287 g/mol. The number of halogens is 5. The standard InChI is InChI=1S/C9H6ClF4NO3/c10-2-5-4(1-7(16)17)8(15-3-6(5)11)18-9(12,13)14/h3H,1-2H2,(H,16,17). The summed E-state index contributed by atoms with van der Waals surface area (Å²) < 4.78 is 52.9. The summed E-state index contributed by atoms with van der Waals surface area (Å²) in [6, 6.07) is 0. The van der Waals surface area contributed by atoms with Crippen LogP contribution >= 0.6 is 11.6 Å². The van der Waals surface area contributed by atoms with Gasteiger partial charge < -0.3 is 9.84 Å². The van der Waals surface area contributed by atoms with Gasteiger partial charge in [0.2, 0.25) is 5.88 Å². The van der Waals surface area contributed by atoms with Crippen LogP contribution in [0.25, 0.3) is 0 Å². The van der Waals surface area contributed by atoms with Gasteiger partial charge in [0.05, 0.1) is 18.5 Å². The molecular formula is C9H6ClF4NO3. The Bertz CT molecular complexity index is 464. The summed E-state index contributed by atoms with van der Waals surface area (Å²) in [5, 5.41) is 8.57. The van der Waals surface area contributed by atoms with Crippen LogP contribution in [0.5, 0.6) is 5.88 Å². The van der Waals surface area contributed by atoms with Gasteiger partial charge in [0, 0.05) is 11.1 Å². The maximum Gasteiger partial charge on any atom is 0.574 e. The number of aromatic nitrogens is 1. The molecule has 100 valence electrons. The fourth-order valence-corrected chi connectivity index (χ4v) is 1.51. The van der Waals surface area contributed by atoms with Gasteiger partial charge in [-0.25, -0.2) is 9.37 Å². The fourth-order valence-electron chi connectivity index (χ4n) is 1.22. The quantitative estimate of drug-likeness (QED) is 0.683. The lowest BCUT2D eigenvalue weighted by Gasteiger charge is -2.14. The van der Waals surface area contributed by atoms with Crippen molar-refractivity contribution in [1.29, 1.82) is 0 Å². The second-order valence-electron chi connectivity index (χ2n) is 3.12. The second-order valence-corrected chi connectivity index (χ2v) is 3.39. The first-order chi connectivity index (χ1) is 8.24. The summed E-state index contributed by atoms with van der Waals surface area (Å²) >= 11 is 5.37. The molecular weight excluding hydrogens is 282 g/mol. The summed E-state index contributed by atoms with van der Waals surface area (Å²) in [5.74, 6) is -3.95. The number of nitrogens with zero attached hydrogens (tertiary/aromatic N) is 1. The molecule has 1 heterocycles. The van der Waals surface area contributed by atoms with E-state index in [0.717, 1.165) is 0 Å². The summed E-state index contributed by atoms with van der Waals surface area (Å²) in [6.45, 7) is 0. The van der Waals surface area contributed by atoms with Gasteiger partial charge in [0.15, 0.2) is 0 Å². The summed E-state index contributed by atoms with van der Waals surface area (Å²) in [4.78, 5) is 13.6. The Hall–Kier alpha value is -1.57. The maximum atomic E-state index is 13.2. The zero-order valence-corrected chi connectivity index (χ0v) is 9.35. The fraction of sp³-hybridized carbons (Fsp3) is 0.333. The largest absolute Gasteiger partial charge is 0.574 e. The van der Waals surface area contributed by atoms with Crippen molar-refractivity contribution in [2.75, 3.05) is 0 Å². The number of carbonyl (C=O) groups is 1. The van der Waals surface area contributed by atoms with E-state index in [2.05, 4.69) is 9.72 Å². The molecule has 4 nitrogen and oxygen atoms in total. The Morgan fingerprint density at radius 1 is 1.44 bits per heavy atom. The van der Waals surface area contributed by atoms with Crippen LogP contribution in [0, 0.1) is 5.82 Å². The lowest BCUT2D eigenvalue weighted by Crippen LogP contribution is -2.20. The van der Waals surface area contributed by atoms with Crippen molar-refractivity contribution in [3.63, 3.8) is 0 Å². The van der Waals surface area contributed by atoms with Crippen LogP contribution in [0.1, 0.15) is 11.1 Å². The molecule has 0 saturated heterocycles. The van der Waals surface area contributed by atoms with E-state index in [1.807, 2.05) is 0 Å². The highest BCUT2D eigenvalue weighted by atomic mass is 35.5. The molecule has 1 rings (SSSR count). The Morgan fingerprint density at radius 2 is 2.06 bits per heavy atom. The lowest BCUT2D eigenvalue weighted by atomic mass is 10.1. The molecule has 0 amide bonds. The average molecular weight is 288 g/mol. The minimum absolute atomic E-state index is 0.381. The second kappa shape index (κ2) is 5.38. The molecule has 0 atom stereocenters. The zero-order valence-electron chi connectivity index (χ0n) is 8.59. The average Bonchev–Trinajstić information content (AvgIpc) is 2.20. The summed E-state index contributed by atoms with van der Waals surface area (Å²) in [5.41, 5.74) is -0.914. The molecule has 1 aromatic rings. The molecule has 1 aromatic heterocycles. The third kappa shape index (κ3) is 3.73. The van der Waals surface area contributed by atoms with Gasteiger partial charge in [-0.1, -0.05) is 0 Å². The van der Waals surface area contributed by atoms with Gasteiger partial charge in [-0.3, -0.25) is 4.79 Å². The maximum absolute atomic E-state index is 13.2. The molecule has 0 fully saturated rings. The number of aliphatic carboxylic acids is 1. The highest BCUT2D eigenvalue weighted by Crippen LogP contribution is 2.29. The Balaban J connectivity index is 3.28. The van der Waals surface area contributed by atoms with Crippen LogP contribution in [0.4, 0.5) is 17.6 Å². The summed E-state index contributed by atoms with van der Waals surface area (Å²) in [6.07, 6.45) is -5.44. The molecule has 0 spiro atoms. The molecule has 1 N–H and O–H groups in total. The lowest BCUT2D eigenvalue weighted by molar-refractivity contribution is -0.276. The van der Waals surface area contributed by atoms with Crippen LogP contribution in [0.3, 0.4) is 0 Å². The normalized spacial score (nSPS) is 11.4. The van der Waals surface area contributed by atoms with Gasteiger partial charge in [0.25, 0.3) is 0 Å². The van der Waals surface area contributed by atoms with Crippen molar-refractivity contribution >= 4 is 17.6 Å². The van der Waals surface area contributed by atoms with Crippen molar-refractivity contribution in [2.24, 2.45) is 0 Å². The minimum atomic E-state index is -5.05. The number of hydrogen-bond donors (Lipinski definition) is 1. The molecule has 0 aliphatic heterocycles. The van der Waals surface area contributed by atoms with E-state index in [1.54, 1.807) is 0 Å². The molecule has 0 radical (unpaired) electrons. The number of ether oxygens (including phenoxy) is 1. The van der Waals surface area contributed by atoms with Gasteiger partial charge in [-0.05, 0) is 0 Å². The van der Waals surface area contributed by atoms with Crippen molar-refractivity contribution in [1.82, 2.24) is 4.98 Å². The predicted octanol–water partition coefficient (Wildman–Crippen LogP) is 2.49. The third-order valence-electron chi connectivity index (χ3n) is 1.88. The number of carboxylic acid groups (broad SMARTS) is 1. The zero-order chi connectivity index (χ0) is 13.9. The van der Waals surface area contributed by atoms with E-state index in [4.69, 9.17) is 16.7 Å². The molecule has 0 saturated carbocycles. The number of carboxylic acids is 1. The minimum Gasteiger partial charge on any atom is -0.481 e. The number of alkyl halides is 4. The molecule has 0 aliphatic rings. The van der Waals surface area contributed by atoms with Crippen molar-refractivity contribution in [3.8, 4) is 5.88 Å². The number of rotatable bonds is 4. The molecule has 0 aliphatic carbocycles. The van der Waals surface area contributed by atoms with Gasteiger partial charge in [-0.15, -0.1) is 24.8 Å². The van der Waals surface area contributed by atoms with Crippen LogP contribution < -0.4 is 4.74 Å². The Morgan fingerprint density at radius 3 is 2.50 bits per heavy atom. The van der Waals surface area contributed by atoms with Crippen molar-refractivity contribution in [3.05, 3.63) is 23.1 Å². The molecule has 0 unspecified atom stereocenters. The Kier molecular flexibility index (Phi) is 4.33. The first-order valence-electron chi connectivity index (χ1n) is 4.44. The first-order valence-corrected chi connectivity index (χ1v) is 4.97. The SMILES string of the molecule is O=C(O)Cc1c(OC(F)(F)F)ncc(F)c1CCl. The summed E-state index contributed by atoms with van der Waals surface area (Å²) in [7, 11) is 0. The van der Waals surface area contributed by atoms with E-state index < -0.39 is 41.9 Å². The highest BCUT2D eigenvalue weighted by molar-refractivity contribution is 6.17. The van der Waals surface area contributed by atoms with Crippen LogP contribution in [0.15, 0.2) is 6.20 Å². The number of hydrogen-bond acceptors (Lipinski definition) is 3. The molecule has 18 heavy (non-hydrogen) atoms. The third-order valence-corrected chi connectivity index (χ3v) is 2.15. The van der Waals surface area contributed by atoms with Crippen LogP contribution in [0.2, 0.25) is 0 Å². The molecule has 9 heteroatoms. The van der Waals surface area contributed by atoms with Crippen molar-refractivity contribution in [2.45, 2.75) is 18.7 Å². The molecule has 0 bridgehead atoms. The van der Waals surface area contributed by atoms with Crippen LogP contribution in [-0.4, -0.2) is 22.4 Å².